The summed E-state index contributed by atoms with van der Waals surface area (Å²) in [7, 11) is 1.40. The van der Waals surface area contributed by atoms with Crippen LogP contribution in [0.4, 0.5) is 14.9 Å². The van der Waals surface area contributed by atoms with Crippen molar-refractivity contribution >= 4 is 17.7 Å². The van der Waals surface area contributed by atoms with Crippen LogP contribution in [0.3, 0.4) is 0 Å². The van der Waals surface area contributed by atoms with Gasteiger partial charge in [0.1, 0.15) is 11.6 Å². The van der Waals surface area contributed by atoms with E-state index in [-0.39, 0.29) is 30.1 Å². The highest BCUT2D eigenvalue weighted by Crippen LogP contribution is 2.32. The van der Waals surface area contributed by atoms with E-state index >= 15 is 0 Å². The van der Waals surface area contributed by atoms with Crippen molar-refractivity contribution in [3.8, 4) is 5.75 Å². The maximum Gasteiger partial charge on any atom is 0.324 e. The zero-order valence-electron chi connectivity index (χ0n) is 16.0. The van der Waals surface area contributed by atoms with Crippen molar-refractivity contribution in [1.29, 1.82) is 0 Å². The fraction of sp³-hybridized carbons (Fsp3) is 0.600. The lowest BCUT2D eigenvalue weighted by atomic mass is 9.87. The summed E-state index contributed by atoms with van der Waals surface area (Å²) >= 11 is 0. The maximum absolute atomic E-state index is 14.2. The normalized spacial score (nSPS) is 27.5. The molecule has 1 aliphatic carbocycles. The van der Waals surface area contributed by atoms with E-state index in [1.807, 2.05) is 4.90 Å². The standard InChI is InChI=1S/C20H26FN3O4/c1-27-19(25)13-2-4-17(5-3-13)28-18-9-14(21)8-15(10-18)24-12-16-11-22-6-7-23(16)20(24)26/h8-10,13,16-17,22H,2-7,11-12H2,1H3/t13?,16-,17?/m0/s1. The highest BCUT2D eigenvalue weighted by molar-refractivity contribution is 5.95. The number of urea groups is 1. The molecule has 1 saturated carbocycles. The number of nitrogens with zero attached hydrogens (tertiary/aromatic N) is 2. The largest absolute Gasteiger partial charge is 0.490 e. The molecule has 3 aliphatic rings. The number of fused-ring (bicyclic) bond motifs is 1. The first-order valence-corrected chi connectivity index (χ1v) is 9.89. The number of hydrogen-bond acceptors (Lipinski definition) is 5. The Kier molecular flexibility index (Phi) is 5.39. The van der Waals surface area contributed by atoms with Gasteiger partial charge in [-0.15, -0.1) is 0 Å². The number of ether oxygens (including phenoxy) is 2. The fourth-order valence-electron chi connectivity index (χ4n) is 4.38. The molecule has 28 heavy (non-hydrogen) atoms. The van der Waals surface area contributed by atoms with Gasteiger partial charge in [0.2, 0.25) is 0 Å². The molecule has 4 rings (SSSR count). The predicted molar refractivity (Wildman–Crippen MR) is 101 cm³/mol. The van der Waals surface area contributed by atoms with Crippen LogP contribution in [0.25, 0.3) is 0 Å². The lowest BCUT2D eigenvalue weighted by Gasteiger charge is -2.28. The number of anilines is 1. The molecule has 0 spiro atoms. The quantitative estimate of drug-likeness (QED) is 0.797. The number of amides is 2. The Bertz CT molecular complexity index is 751. The van der Waals surface area contributed by atoms with Gasteiger partial charge in [-0.1, -0.05) is 0 Å². The number of carbonyl (C=O) groups excluding carboxylic acids is 2. The van der Waals surface area contributed by atoms with Crippen LogP contribution in [0.5, 0.6) is 5.75 Å². The molecule has 2 aliphatic heterocycles. The number of esters is 1. The van der Waals surface area contributed by atoms with Gasteiger partial charge >= 0.3 is 12.0 Å². The second-order valence-electron chi connectivity index (χ2n) is 7.70. The second kappa shape index (κ2) is 7.95. The molecule has 0 unspecified atom stereocenters. The number of benzene rings is 1. The Labute approximate surface area is 163 Å². The van der Waals surface area contributed by atoms with Crippen molar-refractivity contribution in [2.45, 2.75) is 37.8 Å². The van der Waals surface area contributed by atoms with Crippen molar-refractivity contribution in [2.24, 2.45) is 5.92 Å². The third kappa shape index (κ3) is 3.78. The molecule has 152 valence electrons. The molecule has 7 nitrogen and oxygen atoms in total. The Morgan fingerprint density at radius 1 is 1.21 bits per heavy atom. The number of halogens is 1. The molecular formula is C20H26FN3O4. The van der Waals surface area contributed by atoms with Crippen molar-refractivity contribution in [1.82, 2.24) is 10.2 Å². The van der Waals surface area contributed by atoms with Crippen molar-refractivity contribution < 1.29 is 23.5 Å². The number of rotatable bonds is 4. The third-order valence-corrected chi connectivity index (χ3v) is 5.90. The van der Waals surface area contributed by atoms with E-state index in [0.29, 0.717) is 37.4 Å². The Morgan fingerprint density at radius 3 is 2.71 bits per heavy atom. The summed E-state index contributed by atoms with van der Waals surface area (Å²) in [5.41, 5.74) is 0.526. The Hall–Kier alpha value is -2.35. The van der Waals surface area contributed by atoms with Crippen LogP contribution >= 0.6 is 0 Å². The lowest BCUT2D eigenvalue weighted by Crippen LogP contribution is -2.49. The maximum atomic E-state index is 14.2. The third-order valence-electron chi connectivity index (χ3n) is 5.90. The Morgan fingerprint density at radius 2 is 2.00 bits per heavy atom. The number of hydrogen-bond donors (Lipinski definition) is 1. The SMILES string of the molecule is COC(=O)C1CCC(Oc2cc(F)cc(N3C[C@@H]4CNCCN4C3=O)c2)CC1. The molecule has 1 aromatic carbocycles. The van der Waals surface area contributed by atoms with Gasteiger partial charge in [-0.05, 0) is 31.7 Å². The van der Waals surface area contributed by atoms with E-state index in [0.717, 1.165) is 25.9 Å². The van der Waals surface area contributed by atoms with Gasteiger partial charge in [-0.25, -0.2) is 9.18 Å². The van der Waals surface area contributed by atoms with Crippen molar-refractivity contribution in [3.05, 3.63) is 24.0 Å². The highest BCUT2D eigenvalue weighted by atomic mass is 19.1. The first-order chi connectivity index (χ1) is 13.5. The minimum Gasteiger partial charge on any atom is -0.490 e. The van der Waals surface area contributed by atoms with Crippen LogP contribution < -0.4 is 15.0 Å². The molecule has 0 radical (unpaired) electrons. The Balaban J connectivity index is 1.43. The van der Waals surface area contributed by atoms with Crippen LogP contribution in [0.1, 0.15) is 25.7 Å². The average Bonchev–Trinajstić information content (AvgIpc) is 3.04. The van der Waals surface area contributed by atoms with Gasteiger partial charge < -0.3 is 19.7 Å². The van der Waals surface area contributed by atoms with E-state index in [1.54, 1.807) is 11.0 Å². The summed E-state index contributed by atoms with van der Waals surface area (Å²) in [5.74, 6) is -0.259. The highest BCUT2D eigenvalue weighted by Gasteiger charge is 2.39. The number of piperazine rings is 1. The molecule has 2 saturated heterocycles. The zero-order chi connectivity index (χ0) is 19.7. The van der Waals surface area contributed by atoms with Crippen LogP contribution in [0.2, 0.25) is 0 Å². The van der Waals surface area contributed by atoms with Gasteiger partial charge in [0.25, 0.3) is 0 Å². The van der Waals surface area contributed by atoms with Crippen LogP contribution in [-0.4, -0.2) is 62.3 Å². The van der Waals surface area contributed by atoms with Crippen LogP contribution in [-0.2, 0) is 9.53 Å². The lowest BCUT2D eigenvalue weighted by molar-refractivity contribution is -0.147. The van der Waals surface area contributed by atoms with E-state index in [4.69, 9.17) is 9.47 Å². The number of carbonyl (C=O) groups is 2. The minimum absolute atomic E-state index is 0.0691. The zero-order valence-corrected chi connectivity index (χ0v) is 16.0. The molecule has 8 heteroatoms. The van der Waals surface area contributed by atoms with Gasteiger partial charge in [0.05, 0.1) is 30.9 Å². The molecule has 0 bridgehead atoms. The predicted octanol–water partition coefficient (Wildman–Crippen LogP) is 2.15. The van der Waals surface area contributed by atoms with Crippen molar-refractivity contribution in [3.63, 3.8) is 0 Å². The van der Waals surface area contributed by atoms with E-state index in [1.165, 1.54) is 19.2 Å². The molecular weight excluding hydrogens is 365 g/mol. The fourth-order valence-corrected chi connectivity index (χ4v) is 4.38. The first kappa shape index (κ1) is 19.0. The summed E-state index contributed by atoms with van der Waals surface area (Å²) in [6.45, 7) is 2.74. The minimum atomic E-state index is -0.424. The van der Waals surface area contributed by atoms with E-state index in [9.17, 15) is 14.0 Å². The smallest absolute Gasteiger partial charge is 0.324 e. The molecule has 2 heterocycles. The van der Waals surface area contributed by atoms with Crippen LogP contribution in [0, 0.1) is 11.7 Å². The number of nitrogens with one attached hydrogen (secondary N) is 1. The summed E-state index contributed by atoms with van der Waals surface area (Å²) in [5, 5.41) is 3.29. The topological polar surface area (TPSA) is 71.1 Å². The number of methoxy groups -OCH3 is 1. The summed E-state index contributed by atoms with van der Waals surface area (Å²) in [6, 6.07) is 4.50. The van der Waals surface area contributed by atoms with E-state index < -0.39 is 5.82 Å². The molecule has 2 amide bonds. The van der Waals surface area contributed by atoms with Gasteiger partial charge in [-0.2, -0.15) is 0 Å². The van der Waals surface area contributed by atoms with Gasteiger partial charge in [0.15, 0.2) is 0 Å². The monoisotopic (exact) mass is 391 g/mol. The van der Waals surface area contributed by atoms with Crippen molar-refractivity contribution in [2.75, 3.05) is 38.2 Å². The second-order valence-corrected chi connectivity index (χ2v) is 7.70. The van der Waals surface area contributed by atoms with E-state index in [2.05, 4.69) is 5.32 Å². The molecule has 0 aromatic heterocycles. The summed E-state index contributed by atoms with van der Waals surface area (Å²) < 4.78 is 25.0. The molecule has 1 atom stereocenters. The molecule has 1 N–H and O–H groups in total. The summed E-state index contributed by atoms with van der Waals surface area (Å²) in [4.78, 5) is 27.8. The van der Waals surface area contributed by atoms with Gasteiger partial charge in [-0.3, -0.25) is 9.69 Å². The van der Waals surface area contributed by atoms with Crippen LogP contribution in [0.15, 0.2) is 18.2 Å². The summed E-state index contributed by atoms with van der Waals surface area (Å²) in [6.07, 6.45) is 2.77. The first-order valence-electron chi connectivity index (χ1n) is 9.89. The molecule has 1 aromatic rings. The average molecular weight is 391 g/mol. The van der Waals surface area contributed by atoms with Gasteiger partial charge in [0, 0.05) is 38.3 Å². The molecule has 3 fully saturated rings.